The first-order valence-corrected chi connectivity index (χ1v) is 5.06. The second-order valence-corrected chi connectivity index (χ2v) is 3.86. The van der Waals surface area contributed by atoms with Crippen LogP contribution < -0.4 is 0 Å². The fraction of sp³-hybridized carbons (Fsp3) is 1.00. The molecule has 3 heteroatoms. The van der Waals surface area contributed by atoms with Gasteiger partial charge in [-0.05, 0) is 32.4 Å². The zero-order valence-electron chi connectivity index (χ0n) is 7.54. The Morgan fingerprint density at radius 2 is 1.75 bits per heavy atom. The first-order valence-electron chi connectivity index (χ1n) is 5.06. The Hall–Kier alpha value is -0.120. The van der Waals surface area contributed by atoms with E-state index >= 15 is 0 Å². The van der Waals surface area contributed by atoms with Gasteiger partial charge in [0.05, 0.1) is 6.17 Å². The van der Waals surface area contributed by atoms with Crippen molar-refractivity contribution in [3.8, 4) is 0 Å². The van der Waals surface area contributed by atoms with Crippen LogP contribution in [0.15, 0.2) is 0 Å². The van der Waals surface area contributed by atoms with Gasteiger partial charge >= 0.3 is 0 Å². The number of nitrogens with zero attached hydrogens (tertiary/aromatic N) is 2. The van der Waals surface area contributed by atoms with E-state index in [0.29, 0.717) is 0 Å². The van der Waals surface area contributed by atoms with Gasteiger partial charge in [0.1, 0.15) is 0 Å². The molecule has 0 radical (unpaired) electrons. The van der Waals surface area contributed by atoms with E-state index < -0.39 is 0 Å². The normalized spacial score (nSPS) is 34.2. The molecule has 0 aromatic heterocycles. The first kappa shape index (κ1) is 8.48. The monoisotopic (exact) mass is 169 g/mol. The topological polar surface area (TPSA) is 29.5 Å². The highest BCUT2D eigenvalue weighted by atomic mass is 16.5. The molecule has 0 spiro atoms. The van der Waals surface area contributed by atoms with Gasteiger partial charge in [-0.1, -0.05) is 12.8 Å². The van der Waals surface area contributed by atoms with Crippen molar-refractivity contribution in [3.05, 3.63) is 5.21 Å². The molecule has 3 nitrogen and oxygen atoms in total. The SMILES string of the molecule is [O-]N1CCCN2CCCCCC12. The predicted molar refractivity (Wildman–Crippen MR) is 48.5 cm³/mol. The summed E-state index contributed by atoms with van der Waals surface area (Å²) in [6, 6.07) is 0. The van der Waals surface area contributed by atoms with Gasteiger partial charge in [-0.2, -0.15) is 0 Å². The number of hydrogen-bond acceptors (Lipinski definition) is 3. The Bertz CT molecular complexity index is 151. The highest BCUT2D eigenvalue weighted by Crippen LogP contribution is 2.22. The van der Waals surface area contributed by atoms with E-state index in [0.717, 1.165) is 32.5 Å². The molecule has 1 atom stereocenters. The molecule has 0 N–H and O–H groups in total. The van der Waals surface area contributed by atoms with Crippen molar-refractivity contribution >= 4 is 0 Å². The summed E-state index contributed by atoms with van der Waals surface area (Å²) >= 11 is 0. The molecular weight excluding hydrogens is 152 g/mol. The summed E-state index contributed by atoms with van der Waals surface area (Å²) in [6.45, 7) is 3.04. The lowest BCUT2D eigenvalue weighted by Crippen LogP contribution is -2.50. The molecule has 2 aliphatic rings. The molecule has 70 valence electrons. The van der Waals surface area contributed by atoms with Crippen molar-refractivity contribution in [3.63, 3.8) is 0 Å². The molecule has 2 aliphatic heterocycles. The molecule has 12 heavy (non-hydrogen) atoms. The molecule has 2 saturated heterocycles. The Morgan fingerprint density at radius 3 is 2.67 bits per heavy atom. The fourth-order valence-electron chi connectivity index (χ4n) is 2.32. The van der Waals surface area contributed by atoms with Gasteiger partial charge in [0, 0.05) is 6.54 Å². The average molecular weight is 169 g/mol. The smallest absolute Gasteiger partial charge is 0.0508 e. The maximum atomic E-state index is 11.5. The zero-order chi connectivity index (χ0) is 8.39. The minimum atomic E-state index is 0.223. The Balaban J connectivity index is 2.00. The van der Waals surface area contributed by atoms with Crippen LogP contribution in [0.3, 0.4) is 0 Å². The maximum absolute atomic E-state index is 11.5. The Labute approximate surface area is 73.9 Å². The molecule has 1 unspecified atom stereocenters. The molecule has 2 fully saturated rings. The van der Waals surface area contributed by atoms with Crippen molar-refractivity contribution in [2.24, 2.45) is 0 Å². The summed E-state index contributed by atoms with van der Waals surface area (Å²) in [5.41, 5.74) is 0. The third-order valence-corrected chi connectivity index (χ3v) is 2.99. The lowest BCUT2D eigenvalue weighted by molar-refractivity contribution is 0.0387. The Kier molecular flexibility index (Phi) is 2.63. The van der Waals surface area contributed by atoms with Gasteiger partial charge in [0.2, 0.25) is 0 Å². The molecule has 0 aliphatic carbocycles. The molecule has 0 aromatic carbocycles. The van der Waals surface area contributed by atoms with Gasteiger partial charge in [-0.3, -0.25) is 4.90 Å². The van der Waals surface area contributed by atoms with Crippen molar-refractivity contribution in [2.45, 2.75) is 38.3 Å². The molecule has 0 amide bonds. The Morgan fingerprint density at radius 1 is 0.917 bits per heavy atom. The quantitative estimate of drug-likeness (QED) is 0.549. The number of rotatable bonds is 0. The van der Waals surface area contributed by atoms with Gasteiger partial charge in [0.25, 0.3) is 0 Å². The van der Waals surface area contributed by atoms with Crippen LogP contribution in [0.2, 0.25) is 0 Å². The fourth-order valence-corrected chi connectivity index (χ4v) is 2.32. The van der Waals surface area contributed by atoms with Crippen LogP contribution in [0, 0.1) is 5.21 Å². The van der Waals surface area contributed by atoms with Crippen LogP contribution in [-0.2, 0) is 0 Å². The van der Waals surface area contributed by atoms with Crippen LogP contribution in [0.1, 0.15) is 32.1 Å². The summed E-state index contributed by atoms with van der Waals surface area (Å²) in [5, 5.41) is 12.7. The highest BCUT2D eigenvalue weighted by Gasteiger charge is 2.24. The lowest BCUT2D eigenvalue weighted by Gasteiger charge is -2.47. The van der Waals surface area contributed by atoms with E-state index in [1.54, 1.807) is 0 Å². The third-order valence-electron chi connectivity index (χ3n) is 2.99. The first-order chi connectivity index (χ1) is 5.88. The lowest BCUT2D eigenvalue weighted by atomic mass is 10.2. The van der Waals surface area contributed by atoms with Crippen LogP contribution >= 0.6 is 0 Å². The summed E-state index contributed by atoms with van der Waals surface area (Å²) < 4.78 is 0. The van der Waals surface area contributed by atoms with Crippen molar-refractivity contribution in [2.75, 3.05) is 19.6 Å². The van der Waals surface area contributed by atoms with Crippen LogP contribution in [-0.4, -0.2) is 35.8 Å². The standard InChI is InChI=1S/C9H17N2O/c12-11-8-4-7-10-6-3-1-2-5-9(10)11/h9H,1-8H2/q-1. The second kappa shape index (κ2) is 3.73. The predicted octanol–water partition coefficient (Wildman–Crippen LogP) is 1.39. The molecule has 2 heterocycles. The van der Waals surface area contributed by atoms with Crippen molar-refractivity contribution in [1.82, 2.24) is 9.96 Å². The minimum absolute atomic E-state index is 0.223. The van der Waals surface area contributed by atoms with Crippen molar-refractivity contribution in [1.29, 1.82) is 0 Å². The van der Waals surface area contributed by atoms with E-state index in [1.807, 2.05) is 0 Å². The van der Waals surface area contributed by atoms with Crippen LogP contribution in [0.5, 0.6) is 0 Å². The largest absolute Gasteiger partial charge is 0.784 e. The van der Waals surface area contributed by atoms with Gasteiger partial charge in [-0.25, -0.2) is 0 Å². The maximum Gasteiger partial charge on any atom is 0.0508 e. The summed E-state index contributed by atoms with van der Waals surface area (Å²) in [4.78, 5) is 2.36. The van der Waals surface area contributed by atoms with Gasteiger partial charge < -0.3 is 10.3 Å². The highest BCUT2D eigenvalue weighted by molar-refractivity contribution is 4.81. The molecule has 0 aromatic rings. The summed E-state index contributed by atoms with van der Waals surface area (Å²) in [6.07, 6.45) is 6.19. The van der Waals surface area contributed by atoms with Crippen LogP contribution in [0.4, 0.5) is 0 Å². The summed E-state index contributed by atoms with van der Waals surface area (Å²) in [7, 11) is 0. The molecular formula is C9H17N2O-. The number of hydrogen-bond donors (Lipinski definition) is 0. The zero-order valence-corrected chi connectivity index (χ0v) is 7.54. The minimum Gasteiger partial charge on any atom is -0.784 e. The van der Waals surface area contributed by atoms with E-state index in [1.165, 1.54) is 24.3 Å². The number of fused-ring (bicyclic) bond motifs is 1. The third kappa shape index (κ3) is 1.63. The number of hydroxylamine groups is 2. The average Bonchev–Trinajstić information content (AvgIpc) is 2.30. The van der Waals surface area contributed by atoms with E-state index in [9.17, 15) is 5.21 Å². The van der Waals surface area contributed by atoms with Crippen LogP contribution in [0.25, 0.3) is 0 Å². The molecule has 2 rings (SSSR count). The summed E-state index contributed by atoms with van der Waals surface area (Å²) in [5.74, 6) is 0. The van der Waals surface area contributed by atoms with Gasteiger partial charge in [0.15, 0.2) is 0 Å². The van der Waals surface area contributed by atoms with Crippen molar-refractivity contribution < 1.29 is 0 Å². The van der Waals surface area contributed by atoms with E-state index in [2.05, 4.69) is 4.90 Å². The molecule has 0 bridgehead atoms. The van der Waals surface area contributed by atoms with Gasteiger partial charge in [-0.15, -0.1) is 0 Å². The van der Waals surface area contributed by atoms with E-state index in [-0.39, 0.29) is 6.17 Å². The second-order valence-electron chi connectivity index (χ2n) is 3.86. The molecule has 0 saturated carbocycles. The van der Waals surface area contributed by atoms with E-state index in [4.69, 9.17) is 0 Å².